The highest BCUT2D eigenvalue weighted by atomic mass is 16.2. The van der Waals surface area contributed by atoms with Gasteiger partial charge in [-0.1, -0.05) is 54.1 Å². The highest BCUT2D eigenvalue weighted by Crippen LogP contribution is 2.34. The molecule has 4 heteroatoms. The average molecular weight is 399 g/mol. The number of hydrogen-bond donors (Lipinski definition) is 1. The fourth-order valence-electron chi connectivity index (χ4n) is 3.93. The minimum absolute atomic E-state index is 0.0184. The van der Waals surface area contributed by atoms with Crippen LogP contribution >= 0.6 is 0 Å². The third-order valence-electron chi connectivity index (χ3n) is 5.86. The molecule has 0 saturated carbocycles. The number of nitrogens with one attached hydrogen (secondary N) is 1. The van der Waals surface area contributed by atoms with E-state index in [0.717, 1.165) is 33.5 Å². The van der Waals surface area contributed by atoms with Gasteiger partial charge in [0.05, 0.1) is 12.5 Å². The van der Waals surface area contributed by atoms with Gasteiger partial charge in [0.25, 0.3) is 5.91 Å². The SMILES string of the molecule is Cc1ccc([C@H](CC(=O)Nc2ccc(C)c(C)c2)N2Cc3ccccc3C2=O)cc1. The maximum absolute atomic E-state index is 13.1. The van der Waals surface area contributed by atoms with Gasteiger partial charge in [-0.15, -0.1) is 0 Å². The lowest BCUT2D eigenvalue weighted by Crippen LogP contribution is -2.32. The van der Waals surface area contributed by atoms with Gasteiger partial charge in [-0.25, -0.2) is 0 Å². The molecule has 1 atom stereocenters. The molecule has 0 aromatic heterocycles. The number of amides is 2. The van der Waals surface area contributed by atoms with Crippen LogP contribution in [0.3, 0.4) is 0 Å². The maximum atomic E-state index is 13.1. The van der Waals surface area contributed by atoms with Gasteiger partial charge in [-0.3, -0.25) is 9.59 Å². The maximum Gasteiger partial charge on any atom is 0.255 e. The molecule has 1 heterocycles. The van der Waals surface area contributed by atoms with E-state index in [0.29, 0.717) is 6.54 Å². The van der Waals surface area contributed by atoms with Crippen LogP contribution in [-0.4, -0.2) is 16.7 Å². The molecule has 0 unspecified atom stereocenters. The van der Waals surface area contributed by atoms with Crippen molar-refractivity contribution < 1.29 is 9.59 Å². The van der Waals surface area contributed by atoms with Crippen LogP contribution in [-0.2, 0) is 11.3 Å². The Morgan fingerprint density at radius 1 is 0.967 bits per heavy atom. The predicted octanol–water partition coefficient (Wildman–Crippen LogP) is 5.34. The van der Waals surface area contributed by atoms with E-state index in [2.05, 4.69) is 5.32 Å². The summed E-state index contributed by atoms with van der Waals surface area (Å²) < 4.78 is 0. The second-order valence-electron chi connectivity index (χ2n) is 8.07. The molecular weight excluding hydrogens is 372 g/mol. The van der Waals surface area contributed by atoms with Crippen LogP contribution in [0.5, 0.6) is 0 Å². The lowest BCUT2D eigenvalue weighted by atomic mass is 10.00. The topological polar surface area (TPSA) is 49.4 Å². The molecule has 152 valence electrons. The Labute approximate surface area is 177 Å². The van der Waals surface area contributed by atoms with Crippen LogP contribution in [0.2, 0.25) is 0 Å². The first-order valence-corrected chi connectivity index (χ1v) is 10.2. The number of fused-ring (bicyclic) bond motifs is 1. The molecule has 0 radical (unpaired) electrons. The van der Waals surface area contributed by atoms with Gasteiger partial charge < -0.3 is 10.2 Å². The summed E-state index contributed by atoms with van der Waals surface area (Å²) >= 11 is 0. The van der Waals surface area contributed by atoms with Crippen LogP contribution in [0, 0.1) is 20.8 Å². The van der Waals surface area contributed by atoms with Gasteiger partial charge in [0.2, 0.25) is 5.91 Å². The minimum atomic E-state index is -0.322. The molecule has 1 N–H and O–H groups in total. The van der Waals surface area contributed by atoms with Crippen LogP contribution in [0.15, 0.2) is 66.7 Å². The van der Waals surface area contributed by atoms with E-state index in [-0.39, 0.29) is 24.3 Å². The standard InChI is InChI=1S/C26H26N2O2/c1-17-8-11-20(12-9-17)24(28-16-21-6-4-5-7-23(21)26(28)30)15-25(29)27-22-13-10-18(2)19(3)14-22/h4-14,24H,15-16H2,1-3H3,(H,27,29)/t24-/m0/s1. The number of carbonyl (C=O) groups excluding carboxylic acids is 2. The van der Waals surface area contributed by atoms with E-state index in [1.54, 1.807) is 0 Å². The fraction of sp³-hybridized carbons (Fsp3) is 0.231. The number of aryl methyl sites for hydroxylation is 3. The molecule has 0 bridgehead atoms. The summed E-state index contributed by atoms with van der Waals surface area (Å²) in [6.07, 6.45) is 0.204. The minimum Gasteiger partial charge on any atom is -0.327 e. The van der Waals surface area contributed by atoms with E-state index < -0.39 is 0 Å². The molecule has 4 rings (SSSR count). The van der Waals surface area contributed by atoms with Crippen molar-refractivity contribution in [3.63, 3.8) is 0 Å². The van der Waals surface area contributed by atoms with E-state index in [1.165, 1.54) is 5.56 Å². The molecule has 0 saturated heterocycles. The number of anilines is 1. The largest absolute Gasteiger partial charge is 0.327 e. The Balaban J connectivity index is 1.60. The van der Waals surface area contributed by atoms with Crippen molar-refractivity contribution in [2.45, 2.75) is 39.8 Å². The molecule has 3 aromatic carbocycles. The summed E-state index contributed by atoms with van der Waals surface area (Å²) in [7, 11) is 0. The molecule has 4 nitrogen and oxygen atoms in total. The van der Waals surface area contributed by atoms with Crippen molar-refractivity contribution in [1.29, 1.82) is 0 Å². The Morgan fingerprint density at radius 2 is 1.70 bits per heavy atom. The summed E-state index contributed by atoms with van der Waals surface area (Å²) in [4.78, 5) is 27.9. The third kappa shape index (κ3) is 3.99. The zero-order valence-corrected chi connectivity index (χ0v) is 17.6. The van der Waals surface area contributed by atoms with E-state index >= 15 is 0 Å². The summed E-state index contributed by atoms with van der Waals surface area (Å²) in [5.41, 5.74) is 6.95. The second-order valence-corrected chi connectivity index (χ2v) is 8.07. The Bertz CT molecular complexity index is 1100. The van der Waals surface area contributed by atoms with E-state index in [1.807, 2.05) is 92.4 Å². The molecule has 3 aromatic rings. The first kappa shape index (κ1) is 19.9. The fourth-order valence-corrected chi connectivity index (χ4v) is 3.93. The molecular formula is C26H26N2O2. The van der Waals surface area contributed by atoms with Crippen LogP contribution in [0.4, 0.5) is 5.69 Å². The first-order chi connectivity index (χ1) is 14.4. The van der Waals surface area contributed by atoms with Crippen molar-refractivity contribution in [1.82, 2.24) is 4.90 Å². The monoisotopic (exact) mass is 398 g/mol. The van der Waals surface area contributed by atoms with Crippen LogP contribution in [0.25, 0.3) is 0 Å². The normalized spacial score (nSPS) is 13.8. The second kappa shape index (κ2) is 8.15. The zero-order valence-electron chi connectivity index (χ0n) is 17.6. The smallest absolute Gasteiger partial charge is 0.255 e. The molecule has 30 heavy (non-hydrogen) atoms. The lowest BCUT2D eigenvalue weighted by molar-refractivity contribution is -0.117. The van der Waals surface area contributed by atoms with Gasteiger partial charge in [0.15, 0.2) is 0 Å². The van der Waals surface area contributed by atoms with Crippen molar-refractivity contribution in [3.8, 4) is 0 Å². The highest BCUT2D eigenvalue weighted by molar-refractivity contribution is 5.99. The first-order valence-electron chi connectivity index (χ1n) is 10.2. The number of nitrogens with zero attached hydrogens (tertiary/aromatic N) is 1. The molecule has 0 spiro atoms. The van der Waals surface area contributed by atoms with Crippen LogP contribution < -0.4 is 5.32 Å². The molecule has 2 amide bonds. The summed E-state index contributed by atoms with van der Waals surface area (Å²) in [6.45, 7) is 6.62. The van der Waals surface area contributed by atoms with Crippen molar-refractivity contribution >= 4 is 17.5 Å². The number of hydrogen-bond acceptors (Lipinski definition) is 2. The Hall–Kier alpha value is -3.40. The summed E-state index contributed by atoms with van der Waals surface area (Å²) in [5, 5.41) is 3.00. The number of rotatable bonds is 5. The predicted molar refractivity (Wildman–Crippen MR) is 119 cm³/mol. The van der Waals surface area contributed by atoms with Gasteiger partial charge in [0.1, 0.15) is 0 Å². The van der Waals surface area contributed by atoms with Gasteiger partial charge in [0, 0.05) is 17.8 Å². The highest BCUT2D eigenvalue weighted by Gasteiger charge is 2.34. The van der Waals surface area contributed by atoms with E-state index in [9.17, 15) is 9.59 Å². The zero-order chi connectivity index (χ0) is 21.3. The van der Waals surface area contributed by atoms with Gasteiger partial charge in [-0.2, -0.15) is 0 Å². The Morgan fingerprint density at radius 3 is 2.40 bits per heavy atom. The van der Waals surface area contributed by atoms with E-state index in [4.69, 9.17) is 0 Å². The Kier molecular flexibility index (Phi) is 5.40. The molecule has 1 aliphatic heterocycles. The molecule has 0 fully saturated rings. The molecule has 1 aliphatic rings. The average Bonchev–Trinajstić information content (AvgIpc) is 3.06. The van der Waals surface area contributed by atoms with Gasteiger partial charge >= 0.3 is 0 Å². The molecule has 0 aliphatic carbocycles. The van der Waals surface area contributed by atoms with Crippen molar-refractivity contribution in [2.75, 3.05) is 5.32 Å². The van der Waals surface area contributed by atoms with Crippen molar-refractivity contribution in [3.05, 3.63) is 100 Å². The number of carbonyl (C=O) groups is 2. The summed E-state index contributed by atoms with van der Waals surface area (Å²) in [6, 6.07) is 21.3. The van der Waals surface area contributed by atoms with Crippen LogP contribution in [0.1, 0.15) is 50.6 Å². The van der Waals surface area contributed by atoms with Gasteiger partial charge in [-0.05, 0) is 61.2 Å². The third-order valence-corrected chi connectivity index (χ3v) is 5.86. The summed E-state index contributed by atoms with van der Waals surface area (Å²) in [5.74, 6) is -0.122. The quantitative estimate of drug-likeness (QED) is 0.631. The van der Waals surface area contributed by atoms with Crippen molar-refractivity contribution in [2.24, 2.45) is 0 Å². The number of benzene rings is 3. The lowest BCUT2D eigenvalue weighted by Gasteiger charge is -2.28.